The molecule has 0 bridgehead atoms. The van der Waals surface area contributed by atoms with Gasteiger partial charge in [-0.1, -0.05) is 11.6 Å². The first-order chi connectivity index (χ1) is 17.8. The monoisotopic (exact) mass is 539 g/mol. The molecular weight excluding hydrogens is 513 g/mol. The summed E-state index contributed by atoms with van der Waals surface area (Å²) < 4.78 is 18.6. The van der Waals surface area contributed by atoms with E-state index in [0.29, 0.717) is 31.0 Å². The second kappa shape index (κ2) is 9.47. The number of hydrogen-bond acceptors (Lipinski definition) is 6. The molecule has 0 aliphatic carbocycles. The van der Waals surface area contributed by atoms with Crippen molar-refractivity contribution in [2.45, 2.75) is 31.6 Å². The van der Waals surface area contributed by atoms with Crippen LogP contribution in [0.1, 0.15) is 17.7 Å². The van der Waals surface area contributed by atoms with Crippen molar-refractivity contribution in [3.05, 3.63) is 52.6 Å². The number of likely N-dealkylation sites (N-methyl/N-ethyl adjacent to an activating group) is 1. The van der Waals surface area contributed by atoms with Crippen LogP contribution >= 0.6 is 22.9 Å². The SMILES string of the molecule is CN1CC(=O)N(Cc2cc3nccc(-c4cc(Cl)cc5ccn(CC6(F)CCNCC6)c45)c3s2)C(=O)C1. The van der Waals surface area contributed by atoms with Gasteiger partial charge in [0.25, 0.3) is 0 Å². The van der Waals surface area contributed by atoms with Gasteiger partial charge in [0, 0.05) is 38.8 Å². The van der Waals surface area contributed by atoms with E-state index < -0.39 is 5.67 Å². The molecule has 0 atom stereocenters. The predicted molar refractivity (Wildman–Crippen MR) is 145 cm³/mol. The van der Waals surface area contributed by atoms with Gasteiger partial charge in [0.2, 0.25) is 11.8 Å². The summed E-state index contributed by atoms with van der Waals surface area (Å²) in [7, 11) is 1.76. The number of pyridine rings is 1. The molecule has 4 aromatic rings. The molecule has 2 saturated heterocycles. The van der Waals surface area contributed by atoms with Gasteiger partial charge >= 0.3 is 0 Å². The molecule has 1 aromatic carbocycles. The third kappa shape index (κ3) is 4.65. The highest BCUT2D eigenvalue weighted by Gasteiger charge is 2.33. The predicted octanol–water partition coefficient (Wildman–Crippen LogP) is 4.46. The minimum atomic E-state index is -1.26. The number of carbonyl (C=O) groups excluding carboxylic acids is 2. The van der Waals surface area contributed by atoms with Crippen LogP contribution in [0.5, 0.6) is 0 Å². The topological polar surface area (TPSA) is 70.5 Å². The minimum absolute atomic E-state index is 0.197. The lowest BCUT2D eigenvalue weighted by molar-refractivity contribution is -0.151. The van der Waals surface area contributed by atoms with E-state index in [4.69, 9.17) is 11.6 Å². The van der Waals surface area contributed by atoms with Gasteiger partial charge in [-0.05, 0) is 63.3 Å². The number of piperazine rings is 1. The molecule has 0 saturated carbocycles. The zero-order chi connectivity index (χ0) is 25.7. The molecular formula is C27H27ClFN5O2S. The number of nitrogens with zero attached hydrogens (tertiary/aromatic N) is 4. The van der Waals surface area contributed by atoms with Crippen molar-refractivity contribution < 1.29 is 14.0 Å². The van der Waals surface area contributed by atoms with Gasteiger partial charge in [-0.3, -0.25) is 24.4 Å². The average Bonchev–Trinajstić information content (AvgIpc) is 3.44. The molecule has 0 unspecified atom stereocenters. The van der Waals surface area contributed by atoms with Gasteiger partial charge in [-0.15, -0.1) is 11.3 Å². The molecule has 7 nitrogen and oxygen atoms in total. The number of alkyl halides is 1. The quantitative estimate of drug-likeness (QED) is 0.379. The molecule has 10 heteroatoms. The summed E-state index contributed by atoms with van der Waals surface area (Å²) in [5.41, 5.74) is 2.32. The van der Waals surface area contributed by atoms with Crippen molar-refractivity contribution >= 4 is 55.9 Å². The number of thiophene rings is 1. The van der Waals surface area contributed by atoms with Crippen LogP contribution in [0.25, 0.3) is 32.2 Å². The number of aromatic nitrogens is 2. The first-order valence-electron chi connectivity index (χ1n) is 12.4. The molecule has 1 N–H and O–H groups in total. The Hall–Kier alpha value is -2.85. The highest BCUT2D eigenvalue weighted by Crippen LogP contribution is 2.40. The molecule has 5 heterocycles. The Morgan fingerprint density at radius 2 is 1.86 bits per heavy atom. The molecule has 2 fully saturated rings. The second-order valence-electron chi connectivity index (χ2n) is 10.1. The van der Waals surface area contributed by atoms with Crippen LogP contribution in [-0.2, 0) is 22.7 Å². The number of benzene rings is 1. The maximum absolute atomic E-state index is 15.7. The van der Waals surface area contributed by atoms with Crippen LogP contribution in [0.4, 0.5) is 4.39 Å². The Balaban J connectivity index is 1.41. The summed E-state index contributed by atoms with van der Waals surface area (Å²) in [5, 5.41) is 4.80. The molecule has 2 amide bonds. The van der Waals surface area contributed by atoms with Crippen LogP contribution < -0.4 is 5.32 Å². The fourth-order valence-corrected chi connectivity index (χ4v) is 6.78. The van der Waals surface area contributed by atoms with Crippen LogP contribution in [0, 0.1) is 0 Å². The molecule has 192 valence electrons. The standard InChI is InChI=1S/C27H27ClFN5O2S/c1-32-14-23(35)34(24(36)15-32)13-19-12-22-26(37-19)20(2-6-31-22)21-11-18(28)10-17-3-9-33(25(17)21)16-27(29)4-7-30-8-5-27/h2-3,6,9-12,30H,4-5,7-8,13-16H2,1H3. The van der Waals surface area contributed by atoms with Gasteiger partial charge in [0.05, 0.1) is 41.9 Å². The Morgan fingerprint density at radius 3 is 2.62 bits per heavy atom. The van der Waals surface area contributed by atoms with Gasteiger partial charge in [0.15, 0.2) is 0 Å². The van der Waals surface area contributed by atoms with E-state index in [9.17, 15) is 9.59 Å². The van der Waals surface area contributed by atoms with E-state index in [1.807, 2.05) is 41.1 Å². The number of piperidine rings is 1. The fraction of sp³-hybridized carbons (Fsp3) is 0.370. The van der Waals surface area contributed by atoms with E-state index in [2.05, 4.69) is 10.3 Å². The zero-order valence-electron chi connectivity index (χ0n) is 20.5. The number of carbonyl (C=O) groups is 2. The number of imide groups is 1. The van der Waals surface area contributed by atoms with E-state index in [0.717, 1.165) is 37.1 Å². The van der Waals surface area contributed by atoms with Crippen molar-refractivity contribution in [2.75, 3.05) is 33.2 Å². The number of nitrogens with one attached hydrogen (secondary N) is 1. The Bertz CT molecular complexity index is 1510. The smallest absolute Gasteiger partial charge is 0.243 e. The maximum Gasteiger partial charge on any atom is 0.243 e. The molecule has 3 aromatic heterocycles. The summed E-state index contributed by atoms with van der Waals surface area (Å²) >= 11 is 8.06. The summed E-state index contributed by atoms with van der Waals surface area (Å²) in [4.78, 5) is 33.5. The largest absolute Gasteiger partial charge is 0.344 e. The highest BCUT2D eigenvalue weighted by atomic mass is 35.5. The molecule has 0 spiro atoms. The van der Waals surface area contributed by atoms with Crippen LogP contribution in [0.15, 0.2) is 42.7 Å². The number of fused-ring (bicyclic) bond motifs is 2. The van der Waals surface area contributed by atoms with Crippen LogP contribution in [-0.4, -0.2) is 70.1 Å². The average molecular weight is 540 g/mol. The van der Waals surface area contributed by atoms with Crippen molar-refractivity contribution in [1.29, 1.82) is 0 Å². The molecule has 0 radical (unpaired) electrons. The zero-order valence-corrected chi connectivity index (χ0v) is 22.0. The van der Waals surface area contributed by atoms with Gasteiger partial charge in [-0.25, -0.2) is 4.39 Å². The second-order valence-corrected chi connectivity index (χ2v) is 11.6. The number of halogens is 2. The third-order valence-electron chi connectivity index (χ3n) is 7.26. The lowest BCUT2D eigenvalue weighted by Gasteiger charge is -2.31. The highest BCUT2D eigenvalue weighted by molar-refractivity contribution is 7.19. The molecule has 37 heavy (non-hydrogen) atoms. The first-order valence-corrected chi connectivity index (χ1v) is 13.6. The van der Waals surface area contributed by atoms with E-state index in [-0.39, 0.29) is 38.0 Å². The summed E-state index contributed by atoms with van der Waals surface area (Å²) in [6.07, 6.45) is 4.65. The molecule has 2 aliphatic rings. The Labute approximate surface area is 222 Å². The summed E-state index contributed by atoms with van der Waals surface area (Å²) in [6, 6.07) is 9.71. The van der Waals surface area contributed by atoms with Crippen LogP contribution in [0.3, 0.4) is 0 Å². The fourth-order valence-electron chi connectivity index (χ4n) is 5.43. The molecule has 2 aliphatic heterocycles. The minimum Gasteiger partial charge on any atom is -0.344 e. The summed E-state index contributed by atoms with van der Waals surface area (Å²) in [6.45, 7) is 2.31. The normalized spacial score (nSPS) is 18.8. The van der Waals surface area contributed by atoms with Crippen molar-refractivity contribution in [1.82, 2.24) is 24.7 Å². The van der Waals surface area contributed by atoms with E-state index >= 15 is 4.39 Å². The van der Waals surface area contributed by atoms with E-state index in [1.165, 1.54) is 16.2 Å². The van der Waals surface area contributed by atoms with Crippen LogP contribution in [0.2, 0.25) is 5.02 Å². The number of rotatable bonds is 5. The lowest BCUT2D eigenvalue weighted by atomic mass is 9.94. The Kier molecular flexibility index (Phi) is 6.27. The van der Waals surface area contributed by atoms with Crippen molar-refractivity contribution in [3.63, 3.8) is 0 Å². The van der Waals surface area contributed by atoms with Crippen molar-refractivity contribution in [2.24, 2.45) is 0 Å². The third-order valence-corrected chi connectivity index (χ3v) is 8.62. The lowest BCUT2D eigenvalue weighted by Crippen LogP contribution is -2.51. The van der Waals surface area contributed by atoms with Gasteiger partial charge < -0.3 is 9.88 Å². The van der Waals surface area contributed by atoms with Crippen molar-refractivity contribution in [3.8, 4) is 11.1 Å². The van der Waals surface area contributed by atoms with E-state index in [1.54, 1.807) is 18.1 Å². The van der Waals surface area contributed by atoms with Gasteiger partial charge in [-0.2, -0.15) is 0 Å². The Morgan fingerprint density at radius 1 is 1.11 bits per heavy atom. The first kappa shape index (κ1) is 24.5. The van der Waals surface area contributed by atoms with Gasteiger partial charge in [0.1, 0.15) is 5.67 Å². The maximum atomic E-state index is 15.7. The number of amides is 2. The summed E-state index contributed by atoms with van der Waals surface area (Å²) in [5.74, 6) is -0.395. The number of hydrogen-bond donors (Lipinski definition) is 1. The molecule has 6 rings (SSSR count).